The number of carbonyl (C=O) groups is 3. The van der Waals surface area contributed by atoms with Crippen LogP contribution >= 0.6 is 0 Å². The molecule has 22 heavy (non-hydrogen) atoms. The fourth-order valence-electron chi connectivity index (χ4n) is 2.37. The van der Waals surface area contributed by atoms with E-state index < -0.39 is 5.92 Å². The van der Waals surface area contributed by atoms with Crippen molar-refractivity contribution in [3.63, 3.8) is 0 Å². The molecule has 2 heterocycles. The van der Waals surface area contributed by atoms with Crippen LogP contribution in [-0.2, 0) is 20.9 Å². The lowest BCUT2D eigenvalue weighted by atomic mass is 9.94. The Balaban J connectivity index is 2.16. The zero-order chi connectivity index (χ0) is 16.3. The third-order valence-electron chi connectivity index (χ3n) is 3.69. The van der Waals surface area contributed by atoms with Crippen LogP contribution in [0.4, 0.5) is 0 Å². The first kappa shape index (κ1) is 15.9. The quantitative estimate of drug-likeness (QED) is 0.833. The largest absolute Gasteiger partial charge is 0.347 e. The number of pyridine rings is 1. The number of hydrogen-bond acceptors (Lipinski definition) is 4. The fourth-order valence-corrected chi connectivity index (χ4v) is 2.37. The van der Waals surface area contributed by atoms with Crippen LogP contribution in [0.1, 0.15) is 24.1 Å². The highest BCUT2D eigenvalue weighted by atomic mass is 16.2. The average molecular weight is 304 g/mol. The molecule has 7 heteroatoms. The maximum absolute atomic E-state index is 12.4. The van der Waals surface area contributed by atoms with E-state index in [9.17, 15) is 14.4 Å². The van der Waals surface area contributed by atoms with E-state index in [-0.39, 0.29) is 30.8 Å². The monoisotopic (exact) mass is 304 g/mol. The second-order valence-electron chi connectivity index (χ2n) is 5.51. The standard InChI is InChI=1S/C15H20N4O3/c1-10(20)19-8-11-5-4-6-16-14(11)12(9-19)15(22)17-7-13(21)18(2)3/h4-6,12H,7-9H2,1-3H3,(H,17,22). The fraction of sp³-hybridized carbons (Fsp3) is 0.467. The summed E-state index contributed by atoms with van der Waals surface area (Å²) in [6.07, 6.45) is 1.63. The summed E-state index contributed by atoms with van der Waals surface area (Å²) in [6, 6.07) is 3.65. The second kappa shape index (κ2) is 6.55. The lowest BCUT2D eigenvalue weighted by Crippen LogP contribution is -2.45. The molecular weight excluding hydrogens is 284 g/mol. The van der Waals surface area contributed by atoms with Crippen molar-refractivity contribution in [2.45, 2.75) is 19.4 Å². The molecule has 0 radical (unpaired) electrons. The molecule has 1 aliphatic heterocycles. The molecule has 0 bridgehead atoms. The molecule has 0 saturated heterocycles. The molecule has 0 fully saturated rings. The highest BCUT2D eigenvalue weighted by Gasteiger charge is 2.32. The van der Waals surface area contributed by atoms with Crippen LogP contribution in [0, 0.1) is 0 Å². The highest BCUT2D eigenvalue weighted by Crippen LogP contribution is 2.26. The number of amides is 3. The van der Waals surface area contributed by atoms with Crippen molar-refractivity contribution >= 4 is 17.7 Å². The molecule has 1 unspecified atom stereocenters. The lowest BCUT2D eigenvalue weighted by molar-refractivity contribution is -0.134. The molecule has 118 valence electrons. The van der Waals surface area contributed by atoms with Gasteiger partial charge in [-0.1, -0.05) is 6.07 Å². The zero-order valence-electron chi connectivity index (χ0n) is 13.0. The number of carbonyl (C=O) groups excluding carboxylic acids is 3. The Hall–Kier alpha value is -2.44. The summed E-state index contributed by atoms with van der Waals surface area (Å²) in [5.74, 6) is -1.12. The molecule has 7 nitrogen and oxygen atoms in total. The third kappa shape index (κ3) is 3.41. The Morgan fingerprint density at radius 1 is 1.41 bits per heavy atom. The minimum Gasteiger partial charge on any atom is -0.347 e. The van der Waals surface area contributed by atoms with Crippen molar-refractivity contribution in [2.75, 3.05) is 27.2 Å². The summed E-state index contributed by atoms with van der Waals surface area (Å²) in [5, 5.41) is 2.63. The first-order chi connectivity index (χ1) is 10.4. The summed E-state index contributed by atoms with van der Waals surface area (Å²) >= 11 is 0. The van der Waals surface area contributed by atoms with Gasteiger partial charge in [-0.15, -0.1) is 0 Å². The lowest BCUT2D eigenvalue weighted by Gasteiger charge is -2.32. The number of nitrogens with one attached hydrogen (secondary N) is 1. The van der Waals surface area contributed by atoms with Gasteiger partial charge in [0.2, 0.25) is 17.7 Å². The number of rotatable bonds is 3. The van der Waals surface area contributed by atoms with Gasteiger partial charge in [-0.05, 0) is 11.6 Å². The van der Waals surface area contributed by atoms with E-state index >= 15 is 0 Å². The smallest absolute Gasteiger partial charge is 0.241 e. The van der Waals surface area contributed by atoms with Gasteiger partial charge < -0.3 is 15.1 Å². The summed E-state index contributed by atoms with van der Waals surface area (Å²) in [6.45, 7) is 2.15. The van der Waals surface area contributed by atoms with Crippen LogP contribution in [0.15, 0.2) is 18.3 Å². The molecule has 1 aromatic rings. The molecule has 0 aliphatic carbocycles. The Kier molecular flexibility index (Phi) is 4.75. The molecule has 1 aliphatic rings. The molecule has 2 rings (SSSR count). The number of hydrogen-bond donors (Lipinski definition) is 1. The summed E-state index contributed by atoms with van der Waals surface area (Å²) in [7, 11) is 3.26. The van der Waals surface area contributed by atoms with Crippen LogP contribution in [0.5, 0.6) is 0 Å². The van der Waals surface area contributed by atoms with Crippen molar-refractivity contribution in [3.8, 4) is 0 Å². The molecule has 0 aromatic carbocycles. The van der Waals surface area contributed by atoms with Gasteiger partial charge in [0.25, 0.3) is 0 Å². The van der Waals surface area contributed by atoms with E-state index in [2.05, 4.69) is 10.3 Å². The Morgan fingerprint density at radius 3 is 2.77 bits per heavy atom. The van der Waals surface area contributed by atoms with Gasteiger partial charge in [-0.3, -0.25) is 19.4 Å². The van der Waals surface area contributed by atoms with Crippen molar-refractivity contribution < 1.29 is 14.4 Å². The minimum atomic E-state index is -0.552. The summed E-state index contributed by atoms with van der Waals surface area (Å²) in [5.41, 5.74) is 1.54. The maximum atomic E-state index is 12.4. The number of fused-ring (bicyclic) bond motifs is 1. The molecular formula is C15H20N4O3. The van der Waals surface area contributed by atoms with E-state index in [4.69, 9.17) is 0 Å². The Labute approximate surface area is 129 Å². The van der Waals surface area contributed by atoms with Crippen LogP contribution < -0.4 is 5.32 Å². The van der Waals surface area contributed by atoms with E-state index in [1.807, 2.05) is 6.07 Å². The molecule has 0 saturated carbocycles. The Morgan fingerprint density at radius 2 is 2.14 bits per heavy atom. The first-order valence-corrected chi connectivity index (χ1v) is 7.07. The highest BCUT2D eigenvalue weighted by molar-refractivity contribution is 5.89. The van der Waals surface area contributed by atoms with Gasteiger partial charge >= 0.3 is 0 Å². The van der Waals surface area contributed by atoms with Gasteiger partial charge in [0, 0.05) is 40.3 Å². The summed E-state index contributed by atoms with van der Waals surface area (Å²) in [4.78, 5) is 42.9. The van der Waals surface area contributed by atoms with Gasteiger partial charge in [0.1, 0.15) is 0 Å². The van der Waals surface area contributed by atoms with Crippen molar-refractivity contribution in [1.29, 1.82) is 0 Å². The van der Waals surface area contributed by atoms with Crippen LogP contribution in [-0.4, -0.2) is 59.7 Å². The van der Waals surface area contributed by atoms with E-state index in [0.29, 0.717) is 12.2 Å². The van der Waals surface area contributed by atoms with E-state index in [1.54, 1.807) is 31.3 Å². The maximum Gasteiger partial charge on any atom is 0.241 e. The molecule has 1 aromatic heterocycles. The predicted octanol–water partition coefficient (Wildman–Crippen LogP) is -0.268. The first-order valence-electron chi connectivity index (χ1n) is 7.07. The predicted molar refractivity (Wildman–Crippen MR) is 79.8 cm³/mol. The Bertz CT molecular complexity index is 600. The van der Waals surface area contributed by atoms with Crippen molar-refractivity contribution in [2.24, 2.45) is 0 Å². The summed E-state index contributed by atoms with van der Waals surface area (Å²) < 4.78 is 0. The molecule has 1 N–H and O–H groups in total. The van der Waals surface area contributed by atoms with Gasteiger partial charge in [-0.25, -0.2) is 0 Å². The average Bonchev–Trinajstić information content (AvgIpc) is 2.50. The van der Waals surface area contributed by atoms with Crippen LogP contribution in [0.3, 0.4) is 0 Å². The normalized spacial score (nSPS) is 16.7. The number of likely N-dealkylation sites (N-methyl/N-ethyl adjacent to an activating group) is 1. The van der Waals surface area contributed by atoms with Crippen LogP contribution in [0.25, 0.3) is 0 Å². The van der Waals surface area contributed by atoms with Gasteiger partial charge in [0.05, 0.1) is 18.2 Å². The second-order valence-corrected chi connectivity index (χ2v) is 5.51. The minimum absolute atomic E-state index is 0.0649. The van der Waals surface area contributed by atoms with E-state index in [0.717, 1.165) is 5.56 Å². The molecule has 0 spiro atoms. The number of aromatic nitrogens is 1. The topological polar surface area (TPSA) is 82.6 Å². The van der Waals surface area contributed by atoms with E-state index in [1.165, 1.54) is 11.8 Å². The third-order valence-corrected chi connectivity index (χ3v) is 3.69. The van der Waals surface area contributed by atoms with Crippen molar-refractivity contribution in [3.05, 3.63) is 29.6 Å². The van der Waals surface area contributed by atoms with Crippen LogP contribution in [0.2, 0.25) is 0 Å². The van der Waals surface area contributed by atoms with Crippen molar-refractivity contribution in [1.82, 2.24) is 20.1 Å². The zero-order valence-corrected chi connectivity index (χ0v) is 13.0. The van der Waals surface area contributed by atoms with Gasteiger partial charge in [-0.2, -0.15) is 0 Å². The molecule has 1 atom stereocenters. The molecule has 3 amide bonds. The SMILES string of the molecule is CC(=O)N1Cc2cccnc2C(C(=O)NCC(=O)N(C)C)C1. The number of nitrogens with zero attached hydrogens (tertiary/aromatic N) is 3. The van der Waals surface area contributed by atoms with Gasteiger partial charge in [0.15, 0.2) is 0 Å².